The number of carbonyl (C=O) groups excluding carboxylic acids is 1. The van der Waals surface area contributed by atoms with E-state index in [-0.39, 0.29) is 18.7 Å². The van der Waals surface area contributed by atoms with Gasteiger partial charge in [-0.2, -0.15) is 0 Å². The Kier molecular flexibility index (Phi) is 7.01. The molecule has 0 aromatic rings. The Morgan fingerprint density at radius 1 is 1.35 bits per heavy atom. The molecular weight excluding hydrogens is 216 g/mol. The molecule has 100 valence electrons. The number of carbonyl (C=O) groups is 1. The first-order valence-corrected chi connectivity index (χ1v) is 6.91. The lowest BCUT2D eigenvalue weighted by molar-refractivity contribution is 0.213. The van der Waals surface area contributed by atoms with Crippen LogP contribution in [0.1, 0.15) is 51.9 Å². The van der Waals surface area contributed by atoms with E-state index in [1.165, 1.54) is 32.1 Å². The third kappa shape index (κ3) is 5.91. The fourth-order valence-corrected chi connectivity index (χ4v) is 2.38. The summed E-state index contributed by atoms with van der Waals surface area (Å²) in [5.74, 6) is 0.795. The van der Waals surface area contributed by atoms with Crippen LogP contribution in [0.15, 0.2) is 0 Å². The van der Waals surface area contributed by atoms with Crippen LogP contribution >= 0.6 is 0 Å². The Labute approximate surface area is 104 Å². The molecule has 0 bridgehead atoms. The van der Waals surface area contributed by atoms with E-state index in [2.05, 4.69) is 10.6 Å². The molecule has 0 aromatic carbocycles. The van der Waals surface area contributed by atoms with Crippen molar-refractivity contribution in [2.24, 2.45) is 5.92 Å². The Morgan fingerprint density at radius 3 is 2.65 bits per heavy atom. The van der Waals surface area contributed by atoms with Crippen LogP contribution in [0.4, 0.5) is 4.79 Å². The molecule has 1 saturated carbocycles. The first-order valence-electron chi connectivity index (χ1n) is 6.91. The number of rotatable bonds is 6. The summed E-state index contributed by atoms with van der Waals surface area (Å²) in [6.07, 6.45) is 8.54. The highest BCUT2D eigenvalue weighted by Crippen LogP contribution is 2.25. The minimum absolute atomic E-state index is 0.00649. The van der Waals surface area contributed by atoms with Crippen molar-refractivity contribution in [3.05, 3.63) is 0 Å². The predicted molar refractivity (Wildman–Crippen MR) is 68.9 cm³/mol. The van der Waals surface area contributed by atoms with E-state index in [0.717, 1.165) is 25.3 Å². The van der Waals surface area contributed by atoms with Crippen LogP contribution in [-0.4, -0.2) is 30.3 Å². The zero-order valence-corrected chi connectivity index (χ0v) is 10.9. The van der Waals surface area contributed by atoms with Crippen LogP contribution in [0.3, 0.4) is 0 Å². The van der Waals surface area contributed by atoms with Crippen molar-refractivity contribution in [1.82, 2.24) is 10.6 Å². The van der Waals surface area contributed by atoms with Crippen LogP contribution in [0, 0.1) is 5.92 Å². The van der Waals surface area contributed by atoms with Crippen molar-refractivity contribution in [2.45, 2.75) is 57.9 Å². The molecule has 1 atom stereocenters. The highest BCUT2D eigenvalue weighted by atomic mass is 16.3. The van der Waals surface area contributed by atoms with Crippen molar-refractivity contribution in [2.75, 3.05) is 13.2 Å². The lowest BCUT2D eigenvalue weighted by Crippen LogP contribution is -2.44. The molecule has 1 aliphatic rings. The number of aliphatic hydroxyl groups is 1. The SMILES string of the molecule is CCC(CO)NC(=O)NCCC1CCCCC1. The van der Waals surface area contributed by atoms with Gasteiger partial charge in [-0.3, -0.25) is 0 Å². The van der Waals surface area contributed by atoms with E-state index < -0.39 is 0 Å². The van der Waals surface area contributed by atoms with Gasteiger partial charge >= 0.3 is 6.03 Å². The summed E-state index contributed by atoms with van der Waals surface area (Å²) in [4.78, 5) is 11.5. The van der Waals surface area contributed by atoms with Gasteiger partial charge in [-0.05, 0) is 18.8 Å². The van der Waals surface area contributed by atoms with E-state index in [9.17, 15) is 4.79 Å². The van der Waals surface area contributed by atoms with Gasteiger partial charge in [-0.1, -0.05) is 39.0 Å². The molecule has 0 aromatic heterocycles. The summed E-state index contributed by atoms with van der Waals surface area (Å²) < 4.78 is 0. The summed E-state index contributed by atoms with van der Waals surface area (Å²) in [5.41, 5.74) is 0. The highest BCUT2D eigenvalue weighted by Gasteiger charge is 2.13. The normalized spacial score (nSPS) is 18.7. The average Bonchev–Trinajstić information content (AvgIpc) is 2.37. The van der Waals surface area contributed by atoms with Gasteiger partial charge in [-0.25, -0.2) is 4.79 Å². The standard InChI is InChI=1S/C13H26N2O2/c1-2-12(10-16)15-13(17)14-9-8-11-6-4-3-5-7-11/h11-12,16H,2-10H2,1H3,(H2,14,15,17). The zero-order chi connectivity index (χ0) is 12.5. The van der Waals surface area contributed by atoms with Crippen molar-refractivity contribution < 1.29 is 9.90 Å². The Balaban J connectivity index is 2.06. The molecule has 4 nitrogen and oxygen atoms in total. The van der Waals surface area contributed by atoms with E-state index in [1.807, 2.05) is 6.92 Å². The van der Waals surface area contributed by atoms with Gasteiger partial charge in [-0.15, -0.1) is 0 Å². The van der Waals surface area contributed by atoms with E-state index >= 15 is 0 Å². The molecule has 1 rings (SSSR count). The molecule has 1 unspecified atom stereocenters. The summed E-state index contributed by atoms with van der Waals surface area (Å²) in [5, 5.41) is 14.6. The second-order valence-electron chi connectivity index (χ2n) is 4.98. The Hall–Kier alpha value is -0.770. The van der Waals surface area contributed by atoms with E-state index in [1.54, 1.807) is 0 Å². The Bertz CT molecular complexity index is 211. The summed E-state index contributed by atoms with van der Waals surface area (Å²) in [6, 6.07) is -0.272. The van der Waals surface area contributed by atoms with E-state index in [0.29, 0.717) is 0 Å². The van der Waals surface area contributed by atoms with Crippen LogP contribution in [-0.2, 0) is 0 Å². The second kappa shape index (κ2) is 8.34. The van der Waals surface area contributed by atoms with Gasteiger partial charge in [0.25, 0.3) is 0 Å². The van der Waals surface area contributed by atoms with Crippen molar-refractivity contribution in [1.29, 1.82) is 0 Å². The summed E-state index contributed by atoms with van der Waals surface area (Å²) in [7, 11) is 0. The molecule has 1 fully saturated rings. The second-order valence-corrected chi connectivity index (χ2v) is 4.98. The highest BCUT2D eigenvalue weighted by molar-refractivity contribution is 5.74. The molecule has 1 aliphatic carbocycles. The number of nitrogens with one attached hydrogen (secondary N) is 2. The Morgan fingerprint density at radius 2 is 2.06 bits per heavy atom. The maximum Gasteiger partial charge on any atom is 0.315 e. The third-order valence-electron chi connectivity index (χ3n) is 3.61. The minimum atomic E-state index is -0.151. The molecule has 0 spiro atoms. The lowest BCUT2D eigenvalue weighted by Gasteiger charge is -2.21. The quantitative estimate of drug-likeness (QED) is 0.667. The van der Waals surface area contributed by atoms with Gasteiger partial charge in [0.05, 0.1) is 12.6 Å². The zero-order valence-electron chi connectivity index (χ0n) is 10.9. The predicted octanol–water partition coefficient (Wildman–Crippen LogP) is 2.03. The molecule has 0 saturated heterocycles. The topological polar surface area (TPSA) is 61.4 Å². The summed E-state index contributed by atoms with van der Waals surface area (Å²) >= 11 is 0. The largest absolute Gasteiger partial charge is 0.394 e. The molecule has 2 amide bonds. The van der Waals surface area contributed by atoms with Crippen LogP contribution in [0.25, 0.3) is 0 Å². The van der Waals surface area contributed by atoms with Crippen LogP contribution in [0.5, 0.6) is 0 Å². The lowest BCUT2D eigenvalue weighted by atomic mass is 9.87. The van der Waals surface area contributed by atoms with E-state index in [4.69, 9.17) is 5.11 Å². The fraction of sp³-hybridized carbons (Fsp3) is 0.923. The molecule has 0 aliphatic heterocycles. The maximum atomic E-state index is 11.5. The third-order valence-corrected chi connectivity index (χ3v) is 3.61. The number of hydrogen-bond acceptors (Lipinski definition) is 2. The van der Waals surface area contributed by atoms with Crippen molar-refractivity contribution >= 4 is 6.03 Å². The van der Waals surface area contributed by atoms with Gasteiger partial charge in [0.1, 0.15) is 0 Å². The van der Waals surface area contributed by atoms with Gasteiger partial charge < -0.3 is 15.7 Å². The molecule has 0 radical (unpaired) electrons. The van der Waals surface area contributed by atoms with Crippen molar-refractivity contribution in [3.63, 3.8) is 0 Å². The molecular formula is C13H26N2O2. The number of amides is 2. The molecule has 3 N–H and O–H groups in total. The minimum Gasteiger partial charge on any atom is -0.394 e. The molecule has 4 heteroatoms. The monoisotopic (exact) mass is 242 g/mol. The molecule has 17 heavy (non-hydrogen) atoms. The maximum absolute atomic E-state index is 11.5. The first-order chi connectivity index (χ1) is 8.26. The van der Waals surface area contributed by atoms with Crippen LogP contribution in [0.2, 0.25) is 0 Å². The van der Waals surface area contributed by atoms with Gasteiger partial charge in [0.15, 0.2) is 0 Å². The fourth-order valence-electron chi connectivity index (χ4n) is 2.38. The summed E-state index contributed by atoms with van der Waals surface area (Å²) in [6.45, 7) is 2.70. The number of hydrogen-bond donors (Lipinski definition) is 3. The van der Waals surface area contributed by atoms with Gasteiger partial charge in [0.2, 0.25) is 0 Å². The van der Waals surface area contributed by atoms with Gasteiger partial charge in [0, 0.05) is 6.54 Å². The first kappa shape index (κ1) is 14.3. The average molecular weight is 242 g/mol. The smallest absolute Gasteiger partial charge is 0.315 e. The number of urea groups is 1. The van der Waals surface area contributed by atoms with Crippen molar-refractivity contribution in [3.8, 4) is 0 Å². The molecule has 0 heterocycles. The number of aliphatic hydroxyl groups excluding tert-OH is 1. The van der Waals surface area contributed by atoms with Crippen LogP contribution < -0.4 is 10.6 Å².